The molecule has 5 nitrogen and oxygen atoms in total. The van der Waals surface area contributed by atoms with Gasteiger partial charge in [0.15, 0.2) is 5.69 Å². The van der Waals surface area contributed by atoms with Gasteiger partial charge < -0.3 is 17.3 Å². The number of aromatic amines is 1. The highest BCUT2D eigenvalue weighted by molar-refractivity contribution is 7.85. The van der Waals surface area contributed by atoms with E-state index in [0.29, 0.717) is 6.42 Å². The van der Waals surface area contributed by atoms with E-state index in [1.165, 1.54) is 10.9 Å². The lowest BCUT2D eigenvalue weighted by molar-refractivity contribution is -0.701. The van der Waals surface area contributed by atoms with E-state index in [9.17, 15) is 30.2 Å². The average Bonchev–Trinajstić information content (AvgIpc) is 2.83. The molecular formula is C12H21BF4N2O3S. The van der Waals surface area contributed by atoms with Gasteiger partial charge in [-0.15, -0.1) is 0 Å². The third-order valence-electron chi connectivity index (χ3n) is 2.87. The Balaban J connectivity index is 0.000000841. The Morgan fingerprint density at radius 3 is 2.30 bits per heavy atom. The Morgan fingerprint density at radius 2 is 1.91 bits per heavy atom. The van der Waals surface area contributed by atoms with Crippen LogP contribution in [-0.2, 0) is 10.1 Å². The molecule has 0 aromatic carbocycles. The second kappa shape index (κ2) is 9.71. The van der Waals surface area contributed by atoms with Crippen LogP contribution in [0, 0.1) is 0 Å². The third-order valence-corrected chi connectivity index (χ3v) is 4.04. The maximum Gasteiger partial charge on any atom is 0.673 e. The third kappa shape index (κ3) is 10.9. The number of nitrogens with one attached hydrogen (secondary N) is 1. The zero-order valence-electron chi connectivity index (χ0n) is 12.8. The van der Waals surface area contributed by atoms with Crippen LogP contribution < -0.4 is 4.57 Å². The number of imidazole rings is 1. The van der Waals surface area contributed by atoms with Crippen molar-refractivity contribution < 1.29 is 34.8 Å². The summed E-state index contributed by atoms with van der Waals surface area (Å²) in [6.45, 7) is 5.69. The number of rotatable bonds is 8. The zero-order valence-corrected chi connectivity index (χ0v) is 13.6. The summed E-state index contributed by atoms with van der Waals surface area (Å²) in [7, 11) is -10.1. The molecule has 1 aromatic rings. The Labute approximate surface area is 133 Å². The first-order valence-corrected chi connectivity index (χ1v) is 8.54. The second-order valence-electron chi connectivity index (χ2n) is 4.82. The van der Waals surface area contributed by atoms with Crippen LogP contribution >= 0.6 is 0 Å². The second-order valence-corrected chi connectivity index (χ2v) is 6.40. The van der Waals surface area contributed by atoms with Crippen molar-refractivity contribution >= 4 is 23.4 Å². The molecule has 1 aromatic heterocycles. The fourth-order valence-corrected chi connectivity index (χ4v) is 2.75. The largest absolute Gasteiger partial charge is 0.673 e. The van der Waals surface area contributed by atoms with Gasteiger partial charge >= 0.3 is 17.4 Å². The number of unbranched alkanes of at least 4 members (excludes halogenated alkanes) is 3. The topological polar surface area (TPSA) is 74.0 Å². The van der Waals surface area contributed by atoms with Crippen molar-refractivity contribution in [2.45, 2.75) is 44.4 Å². The summed E-state index contributed by atoms with van der Waals surface area (Å²) < 4.78 is 72.5. The molecule has 134 valence electrons. The fourth-order valence-electron chi connectivity index (χ4n) is 1.86. The SMILES string of the molecule is C=Cc1c[n+](C(CCCCCC)S(=O)(=O)O)c[nH]1.F[B-](F)(F)F. The number of halogens is 4. The maximum absolute atomic E-state index is 11.4. The Kier molecular flexibility index (Phi) is 9.14. The van der Waals surface area contributed by atoms with Crippen LogP contribution in [0.4, 0.5) is 17.3 Å². The average molecular weight is 360 g/mol. The van der Waals surface area contributed by atoms with Gasteiger partial charge in [0.05, 0.1) is 0 Å². The van der Waals surface area contributed by atoms with E-state index in [4.69, 9.17) is 0 Å². The molecule has 0 fully saturated rings. The van der Waals surface area contributed by atoms with Crippen LogP contribution in [0.1, 0.15) is 50.1 Å². The lowest BCUT2D eigenvalue weighted by Gasteiger charge is -2.10. The van der Waals surface area contributed by atoms with Gasteiger partial charge in [-0.05, 0) is 12.5 Å². The van der Waals surface area contributed by atoms with Crippen molar-refractivity contribution in [2.75, 3.05) is 0 Å². The van der Waals surface area contributed by atoms with Gasteiger partial charge in [-0.1, -0.05) is 32.8 Å². The Morgan fingerprint density at radius 1 is 1.35 bits per heavy atom. The van der Waals surface area contributed by atoms with Crippen molar-refractivity contribution in [3.8, 4) is 0 Å². The number of hydrogen-bond acceptors (Lipinski definition) is 2. The van der Waals surface area contributed by atoms with E-state index < -0.39 is 22.7 Å². The highest BCUT2D eigenvalue weighted by Gasteiger charge is 2.29. The monoisotopic (exact) mass is 360 g/mol. The van der Waals surface area contributed by atoms with Crippen molar-refractivity contribution in [3.05, 3.63) is 24.8 Å². The van der Waals surface area contributed by atoms with E-state index >= 15 is 0 Å². The molecular weight excluding hydrogens is 339 g/mol. The summed E-state index contributed by atoms with van der Waals surface area (Å²) in [5, 5.41) is -0.917. The summed E-state index contributed by atoms with van der Waals surface area (Å²) in [5.41, 5.74) is 0.720. The summed E-state index contributed by atoms with van der Waals surface area (Å²) in [6.07, 6.45) is 9.09. The maximum atomic E-state index is 11.4. The minimum absolute atomic E-state index is 0.415. The van der Waals surface area contributed by atoms with E-state index in [1.807, 2.05) is 0 Å². The van der Waals surface area contributed by atoms with Crippen LogP contribution in [0.3, 0.4) is 0 Å². The quantitative estimate of drug-likeness (QED) is 0.245. The summed E-state index contributed by atoms with van der Waals surface area (Å²) in [6, 6.07) is 0. The predicted molar refractivity (Wildman–Crippen MR) is 80.6 cm³/mol. The lowest BCUT2D eigenvalue weighted by Crippen LogP contribution is -2.42. The molecule has 2 N–H and O–H groups in total. The molecule has 23 heavy (non-hydrogen) atoms. The van der Waals surface area contributed by atoms with Gasteiger partial charge in [-0.2, -0.15) is 8.42 Å². The minimum Gasteiger partial charge on any atom is -0.418 e. The van der Waals surface area contributed by atoms with Gasteiger partial charge in [0.25, 0.3) is 0 Å². The van der Waals surface area contributed by atoms with E-state index in [0.717, 1.165) is 31.4 Å². The number of hydrogen-bond donors (Lipinski definition) is 2. The minimum atomic E-state index is -6.00. The van der Waals surface area contributed by atoms with Gasteiger partial charge in [-0.25, -0.2) is 9.55 Å². The molecule has 11 heteroatoms. The van der Waals surface area contributed by atoms with Gasteiger partial charge in [0.2, 0.25) is 11.7 Å². The van der Waals surface area contributed by atoms with Crippen molar-refractivity contribution in [1.29, 1.82) is 0 Å². The molecule has 1 unspecified atom stereocenters. The number of H-pyrrole nitrogens is 1. The first-order chi connectivity index (χ1) is 10.5. The van der Waals surface area contributed by atoms with E-state index in [1.54, 1.807) is 12.3 Å². The lowest BCUT2D eigenvalue weighted by atomic mass is 10.1. The standard InChI is InChI=1S/C12H20N2O3S.BF4/c1-3-5-6-7-8-12(18(15,16)17)14-9-11(4-2)13-10-14;2-1(3,4)5/h4,9-10,12H,2-3,5-8H2,1H3,(H,15,16,17);/q;-1/p+1. The molecule has 0 aliphatic carbocycles. The molecule has 0 aliphatic rings. The first kappa shape index (κ1) is 21.6. The summed E-state index contributed by atoms with van der Waals surface area (Å²) in [5.74, 6) is 0. The van der Waals surface area contributed by atoms with Crippen molar-refractivity contribution in [3.63, 3.8) is 0 Å². The number of nitrogens with zero attached hydrogens (tertiary/aromatic N) is 1. The Bertz CT molecular complexity index is 569. The smallest absolute Gasteiger partial charge is 0.418 e. The molecule has 0 saturated carbocycles. The van der Waals surface area contributed by atoms with Gasteiger partial charge in [0.1, 0.15) is 6.20 Å². The zero-order chi connectivity index (χ0) is 18.1. The van der Waals surface area contributed by atoms with Gasteiger partial charge in [0, 0.05) is 6.42 Å². The molecule has 0 amide bonds. The molecule has 1 atom stereocenters. The van der Waals surface area contributed by atoms with Gasteiger partial charge in [-0.3, -0.25) is 4.55 Å². The van der Waals surface area contributed by atoms with Crippen LogP contribution in [0.2, 0.25) is 0 Å². The van der Waals surface area contributed by atoms with Crippen molar-refractivity contribution in [1.82, 2.24) is 4.98 Å². The molecule has 0 bridgehead atoms. The Hall–Kier alpha value is -1.36. The van der Waals surface area contributed by atoms with Crippen LogP contribution in [0.25, 0.3) is 6.08 Å². The van der Waals surface area contributed by atoms with Crippen LogP contribution in [-0.4, -0.2) is 25.2 Å². The highest BCUT2D eigenvalue weighted by atomic mass is 32.2. The van der Waals surface area contributed by atoms with E-state index in [2.05, 4.69) is 18.5 Å². The molecule has 1 rings (SSSR count). The van der Waals surface area contributed by atoms with Crippen LogP contribution in [0.15, 0.2) is 19.1 Å². The predicted octanol–water partition coefficient (Wildman–Crippen LogP) is 3.60. The normalized spacial score (nSPS) is 13.1. The molecule has 0 spiro atoms. The fraction of sp³-hybridized carbons (Fsp3) is 0.583. The summed E-state index contributed by atoms with van der Waals surface area (Å²) in [4.78, 5) is 2.88. The molecule has 0 saturated heterocycles. The molecule has 0 radical (unpaired) electrons. The van der Waals surface area contributed by atoms with Crippen molar-refractivity contribution in [2.24, 2.45) is 0 Å². The molecule has 0 aliphatic heterocycles. The highest BCUT2D eigenvalue weighted by Crippen LogP contribution is 2.16. The summed E-state index contributed by atoms with van der Waals surface area (Å²) >= 11 is 0. The van der Waals surface area contributed by atoms with E-state index in [-0.39, 0.29) is 0 Å². The molecule has 1 heterocycles. The van der Waals surface area contributed by atoms with Crippen LogP contribution in [0.5, 0.6) is 0 Å². The number of aromatic nitrogens is 2. The first-order valence-electron chi connectivity index (χ1n) is 7.04.